The number of carbonyl (C=O) groups is 1. The minimum atomic E-state index is -0.690. The van der Waals surface area contributed by atoms with Crippen LogP contribution in [0.15, 0.2) is 39.3 Å². The van der Waals surface area contributed by atoms with Gasteiger partial charge in [-0.25, -0.2) is 13.6 Å². The summed E-state index contributed by atoms with van der Waals surface area (Å²) in [6.45, 7) is -0.124. The Kier molecular flexibility index (Phi) is 4.95. The molecule has 0 spiro atoms. The fourth-order valence-corrected chi connectivity index (χ4v) is 2.44. The molecule has 7 heteroatoms. The summed E-state index contributed by atoms with van der Waals surface area (Å²) in [5, 5.41) is 0. The van der Waals surface area contributed by atoms with Crippen LogP contribution in [0.1, 0.15) is 15.9 Å². The molecule has 2 aromatic carbocycles. The average molecular weight is 421 g/mol. The zero-order valence-corrected chi connectivity index (χ0v) is 13.7. The maximum atomic E-state index is 13.2. The summed E-state index contributed by atoms with van der Waals surface area (Å²) in [6.07, 6.45) is 0. The number of ether oxygens (including phenoxy) is 1. The van der Waals surface area contributed by atoms with Gasteiger partial charge in [0, 0.05) is 14.5 Å². The largest absolute Gasteiger partial charge is 0.457 e. The lowest BCUT2D eigenvalue weighted by Crippen LogP contribution is -2.08. The maximum absolute atomic E-state index is 13.2. The molecule has 0 atom stereocenters. The maximum Gasteiger partial charge on any atom is 0.339 e. The van der Waals surface area contributed by atoms with E-state index in [4.69, 9.17) is 10.5 Å². The Balaban J connectivity index is 2.15. The van der Waals surface area contributed by atoms with Crippen LogP contribution in [0.2, 0.25) is 0 Å². The SMILES string of the molecule is Nc1cc(C(=O)OCc2cc(F)ccc2Br)c(Br)cc1F. The molecule has 0 aliphatic heterocycles. The minimum Gasteiger partial charge on any atom is -0.457 e. The summed E-state index contributed by atoms with van der Waals surface area (Å²) in [6, 6.07) is 6.33. The first kappa shape index (κ1) is 15.9. The predicted octanol–water partition coefficient (Wildman–Crippen LogP) is 4.43. The molecule has 0 aliphatic carbocycles. The molecule has 110 valence electrons. The van der Waals surface area contributed by atoms with Crippen LogP contribution in [-0.2, 0) is 11.3 Å². The molecule has 0 fully saturated rings. The number of halogens is 4. The predicted molar refractivity (Wildman–Crippen MR) is 81.7 cm³/mol. The first-order valence-corrected chi connectivity index (χ1v) is 7.32. The lowest BCUT2D eigenvalue weighted by atomic mass is 10.2. The van der Waals surface area contributed by atoms with Gasteiger partial charge in [-0.05, 0) is 46.3 Å². The van der Waals surface area contributed by atoms with Gasteiger partial charge in [-0.3, -0.25) is 0 Å². The average Bonchev–Trinajstić information content (AvgIpc) is 2.43. The van der Waals surface area contributed by atoms with E-state index in [1.165, 1.54) is 24.3 Å². The molecule has 0 radical (unpaired) electrons. The number of anilines is 1. The van der Waals surface area contributed by atoms with E-state index in [0.29, 0.717) is 10.0 Å². The van der Waals surface area contributed by atoms with Crippen LogP contribution in [0.3, 0.4) is 0 Å². The van der Waals surface area contributed by atoms with Crippen molar-refractivity contribution < 1.29 is 18.3 Å². The number of rotatable bonds is 3. The molecule has 0 bridgehead atoms. The second-order valence-corrected chi connectivity index (χ2v) is 5.87. The number of benzene rings is 2. The van der Waals surface area contributed by atoms with E-state index in [1.54, 1.807) is 0 Å². The van der Waals surface area contributed by atoms with Gasteiger partial charge in [-0.15, -0.1) is 0 Å². The van der Waals surface area contributed by atoms with Gasteiger partial charge in [0.15, 0.2) is 0 Å². The van der Waals surface area contributed by atoms with Crippen LogP contribution >= 0.6 is 31.9 Å². The molecular weight excluding hydrogens is 412 g/mol. The number of hydrogen-bond donors (Lipinski definition) is 1. The summed E-state index contributed by atoms with van der Waals surface area (Å²) in [5.74, 6) is -1.76. The van der Waals surface area contributed by atoms with Crippen molar-refractivity contribution >= 4 is 43.5 Å². The van der Waals surface area contributed by atoms with Crippen molar-refractivity contribution in [3.05, 3.63) is 62.0 Å². The molecular formula is C14H9Br2F2NO2. The normalized spacial score (nSPS) is 10.5. The van der Waals surface area contributed by atoms with Gasteiger partial charge in [0.25, 0.3) is 0 Å². The second-order valence-electron chi connectivity index (χ2n) is 4.17. The highest BCUT2D eigenvalue weighted by Gasteiger charge is 2.15. The molecule has 2 aromatic rings. The molecule has 3 nitrogen and oxygen atoms in total. The second kappa shape index (κ2) is 6.53. The lowest BCUT2D eigenvalue weighted by molar-refractivity contribution is 0.0470. The third kappa shape index (κ3) is 3.79. The van der Waals surface area contributed by atoms with Gasteiger partial charge in [0.1, 0.15) is 18.2 Å². The van der Waals surface area contributed by atoms with Gasteiger partial charge in [-0.1, -0.05) is 15.9 Å². The van der Waals surface area contributed by atoms with E-state index in [-0.39, 0.29) is 22.3 Å². The molecule has 0 heterocycles. The van der Waals surface area contributed by atoms with Crippen molar-refractivity contribution in [2.75, 3.05) is 5.73 Å². The summed E-state index contributed by atoms with van der Waals surface area (Å²) in [4.78, 5) is 12.0. The monoisotopic (exact) mass is 419 g/mol. The van der Waals surface area contributed by atoms with Crippen molar-refractivity contribution in [3.63, 3.8) is 0 Å². The first-order chi connectivity index (χ1) is 9.88. The van der Waals surface area contributed by atoms with Gasteiger partial charge >= 0.3 is 5.97 Å². The summed E-state index contributed by atoms with van der Waals surface area (Å²) >= 11 is 6.30. The van der Waals surface area contributed by atoms with Crippen molar-refractivity contribution in [2.24, 2.45) is 0 Å². The fourth-order valence-electron chi connectivity index (χ4n) is 1.60. The van der Waals surface area contributed by atoms with Crippen molar-refractivity contribution in [2.45, 2.75) is 6.61 Å². The quantitative estimate of drug-likeness (QED) is 0.590. The topological polar surface area (TPSA) is 52.3 Å². The highest BCUT2D eigenvalue weighted by atomic mass is 79.9. The summed E-state index contributed by atoms with van der Waals surface area (Å²) in [5.41, 5.74) is 5.84. The Bertz CT molecular complexity index is 708. The third-order valence-corrected chi connectivity index (χ3v) is 4.10. The van der Waals surface area contributed by atoms with Crippen LogP contribution in [0.5, 0.6) is 0 Å². The lowest BCUT2D eigenvalue weighted by Gasteiger charge is -2.09. The minimum absolute atomic E-state index is 0.0985. The smallest absolute Gasteiger partial charge is 0.339 e. The van der Waals surface area contributed by atoms with E-state index in [2.05, 4.69) is 31.9 Å². The van der Waals surface area contributed by atoms with E-state index < -0.39 is 17.6 Å². The summed E-state index contributed by atoms with van der Waals surface area (Å²) in [7, 11) is 0. The Morgan fingerprint density at radius 1 is 1.14 bits per heavy atom. The standard InChI is InChI=1S/C14H9Br2F2NO2/c15-10-2-1-8(17)3-7(10)6-21-14(20)9-4-13(19)12(18)5-11(9)16/h1-5H,6,19H2. The number of nitrogen functional groups attached to an aromatic ring is 1. The molecule has 2 N–H and O–H groups in total. The van der Waals surface area contributed by atoms with Crippen molar-refractivity contribution in [3.8, 4) is 0 Å². The van der Waals surface area contributed by atoms with Gasteiger partial charge in [0.05, 0.1) is 11.3 Å². The molecule has 21 heavy (non-hydrogen) atoms. The number of carbonyl (C=O) groups excluding carboxylic acids is 1. The van der Waals surface area contributed by atoms with Crippen LogP contribution in [-0.4, -0.2) is 5.97 Å². The molecule has 0 aliphatic rings. The van der Waals surface area contributed by atoms with Crippen LogP contribution in [0, 0.1) is 11.6 Å². The van der Waals surface area contributed by atoms with Crippen molar-refractivity contribution in [1.82, 2.24) is 0 Å². The van der Waals surface area contributed by atoms with Gasteiger partial charge in [-0.2, -0.15) is 0 Å². The number of nitrogens with two attached hydrogens (primary N) is 1. The van der Waals surface area contributed by atoms with E-state index in [1.807, 2.05) is 0 Å². The van der Waals surface area contributed by atoms with Crippen LogP contribution in [0.25, 0.3) is 0 Å². The zero-order valence-electron chi connectivity index (χ0n) is 10.5. The van der Waals surface area contributed by atoms with Crippen molar-refractivity contribution in [1.29, 1.82) is 0 Å². The first-order valence-electron chi connectivity index (χ1n) is 5.74. The third-order valence-electron chi connectivity index (χ3n) is 2.67. The fraction of sp³-hybridized carbons (Fsp3) is 0.0714. The Labute approximate surface area is 136 Å². The summed E-state index contributed by atoms with van der Waals surface area (Å²) < 4.78 is 32.3. The van der Waals surface area contributed by atoms with Crippen LogP contribution in [0.4, 0.5) is 14.5 Å². The number of esters is 1. The van der Waals surface area contributed by atoms with E-state index >= 15 is 0 Å². The Morgan fingerprint density at radius 3 is 2.57 bits per heavy atom. The molecule has 0 saturated heterocycles. The molecule has 0 unspecified atom stereocenters. The van der Waals surface area contributed by atoms with Gasteiger partial charge in [0.2, 0.25) is 0 Å². The molecule has 2 rings (SSSR count). The Hall–Kier alpha value is -1.47. The number of hydrogen-bond acceptors (Lipinski definition) is 3. The van der Waals surface area contributed by atoms with Gasteiger partial charge < -0.3 is 10.5 Å². The Morgan fingerprint density at radius 2 is 1.86 bits per heavy atom. The van der Waals surface area contributed by atoms with Crippen LogP contribution < -0.4 is 5.73 Å². The van der Waals surface area contributed by atoms with E-state index in [0.717, 1.165) is 6.07 Å². The highest BCUT2D eigenvalue weighted by Crippen LogP contribution is 2.25. The zero-order chi connectivity index (χ0) is 15.6. The molecule has 0 amide bonds. The molecule has 0 aromatic heterocycles. The highest BCUT2D eigenvalue weighted by molar-refractivity contribution is 9.10. The van der Waals surface area contributed by atoms with E-state index in [9.17, 15) is 13.6 Å². The molecule has 0 saturated carbocycles.